The minimum Gasteiger partial charge on any atom is -0.264 e. The largest absolute Gasteiger partial charge is 0.264 e. The standard InChI is InChI=1S/C5H2F3N3O2/c6-3-4(7)9-2(1-11(12)13)10-5(3)8/h1H2. The van der Waals surface area contributed by atoms with E-state index in [0.29, 0.717) is 0 Å². The van der Waals surface area contributed by atoms with Gasteiger partial charge in [0.15, 0.2) is 0 Å². The Morgan fingerprint density at radius 2 is 1.69 bits per heavy atom. The molecule has 0 aliphatic heterocycles. The molecule has 0 atom stereocenters. The third-order valence-electron chi connectivity index (χ3n) is 1.09. The maximum Gasteiger partial charge on any atom is 0.262 e. The van der Waals surface area contributed by atoms with Crippen LogP contribution < -0.4 is 0 Å². The van der Waals surface area contributed by atoms with Crippen LogP contribution in [0.2, 0.25) is 0 Å². The Morgan fingerprint density at radius 1 is 1.23 bits per heavy atom. The van der Waals surface area contributed by atoms with E-state index < -0.39 is 35.0 Å². The van der Waals surface area contributed by atoms with Crippen molar-refractivity contribution in [3.63, 3.8) is 0 Å². The molecule has 0 spiro atoms. The van der Waals surface area contributed by atoms with Crippen LogP contribution in [0.25, 0.3) is 0 Å². The average molecular weight is 193 g/mol. The molecule has 1 aromatic rings. The van der Waals surface area contributed by atoms with Crippen LogP contribution in [0.1, 0.15) is 5.82 Å². The predicted octanol–water partition coefficient (Wildman–Crippen LogP) is 0.671. The van der Waals surface area contributed by atoms with Gasteiger partial charge in [0, 0.05) is 4.92 Å². The molecule has 5 nitrogen and oxygen atoms in total. The van der Waals surface area contributed by atoms with Crippen molar-refractivity contribution < 1.29 is 18.1 Å². The molecule has 0 fully saturated rings. The SMILES string of the molecule is O=[N+]([O-])Cc1nc(F)c(F)c(F)n1. The van der Waals surface area contributed by atoms with Gasteiger partial charge in [0.1, 0.15) is 0 Å². The summed E-state index contributed by atoms with van der Waals surface area (Å²) in [5.74, 6) is -6.01. The van der Waals surface area contributed by atoms with Gasteiger partial charge in [0.05, 0.1) is 0 Å². The number of hydrogen-bond acceptors (Lipinski definition) is 4. The van der Waals surface area contributed by atoms with E-state index in [4.69, 9.17) is 0 Å². The third kappa shape index (κ3) is 2.10. The molecular formula is C5H2F3N3O2. The monoisotopic (exact) mass is 193 g/mol. The summed E-state index contributed by atoms with van der Waals surface area (Å²) in [5, 5.41) is 9.86. The molecule has 8 heteroatoms. The first-order chi connectivity index (χ1) is 6.00. The smallest absolute Gasteiger partial charge is 0.262 e. The van der Waals surface area contributed by atoms with Crippen LogP contribution in [0.4, 0.5) is 13.2 Å². The van der Waals surface area contributed by atoms with E-state index in [1.165, 1.54) is 0 Å². The van der Waals surface area contributed by atoms with Crippen LogP contribution in [-0.2, 0) is 6.54 Å². The Kier molecular flexibility index (Phi) is 2.40. The quantitative estimate of drug-likeness (QED) is 0.393. The summed E-state index contributed by atoms with van der Waals surface area (Å²) >= 11 is 0. The van der Waals surface area contributed by atoms with E-state index in [1.54, 1.807) is 0 Å². The number of rotatable bonds is 2. The van der Waals surface area contributed by atoms with Crippen LogP contribution in [0.15, 0.2) is 0 Å². The van der Waals surface area contributed by atoms with Gasteiger partial charge in [-0.05, 0) is 0 Å². The van der Waals surface area contributed by atoms with Gasteiger partial charge < -0.3 is 0 Å². The van der Waals surface area contributed by atoms with E-state index >= 15 is 0 Å². The van der Waals surface area contributed by atoms with Gasteiger partial charge in [-0.2, -0.15) is 23.1 Å². The fourth-order valence-corrected chi connectivity index (χ4v) is 0.621. The number of halogens is 3. The van der Waals surface area contributed by atoms with Gasteiger partial charge >= 0.3 is 0 Å². The molecule has 0 saturated carbocycles. The van der Waals surface area contributed by atoms with Crippen molar-refractivity contribution in [2.24, 2.45) is 0 Å². The van der Waals surface area contributed by atoms with Crippen LogP contribution in [-0.4, -0.2) is 14.9 Å². The maximum absolute atomic E-state index is 12.3. The highest BCUT2D eigenvalue weighted by atomic mass is 19.2. The number of hydrogen-bond donors (Lipinski definition) is 0. The van der Waals surface area contributed by atoms with Crippen LogP contribution in [0.3, 0.4) is 0 Å². The minimum atomic E-state index is -1.84. The van der Waals surface area contributed by atoms with Crippen molar-refractivity contribution in [1.29, 1.82) is 0 Å². The summed E-state index contributed by atoms with van der Waals surface area (Å²) in [7, 11) is 0. The summed E-state index contributed by atoms with van der Waals surface area (Å²) in [4.78, 5) is 14.5. The molecule has 0 amide bonds. The van der Waals surface area contributed by atoms with Gasteiger partial charge in [-0.3, -0.25) is 10.1 Å². The molecule has 0 saturated heterocycles. The lowest BCUT2D eigenvalue weighted by Gasteiger charge is -1.95. The Hall–Kier alpha value is -1.73. The van der Waals surface area contributed by atoms with E-state index in [2.05, 4.69) is 9.97 Å². The molecule has 1 rings (SSSR count). The highest BCUT2D eigenvalue weighted by Crippen LogP contribution is 2.06. The summed E-state index contributed by atoms with van der Waals surface area (Å²) in [6.07, 6.45) is 0. The van der Waals surface area contributed by atoms with Crippen molar-refractivity contribution in [2.45, 2.75) is 6.54 Å². The lowest BCUT2D eigenvalue weighted by molar-refractivity contribution is -0.498. The highest BCUT2D eigenvalue weighted by Gasteiger charge is 2.16. The van der Waals surface area contributed by atoms with Crippen molar-refractivity contribution in [2.75, 3.05) is 0 Å². The van der Waals surface area contributed by atoms with E-state index in [-0.39, 0.29) is 0 Å². The maximum atomic E-state index is 12.3. The average Bonchev–Trinajstić information content (AvgIpc) is 1.98. The molecule has 0 N–H and O–H groups in total. The molecule has 0 aromatic carbocycles. The van der Waals surface area contributed by atoms with Gasteiger partial charge in [-0.1, -0.05) is 0 Å². The Balaban J connectivity index is 3.06. The summed E-state index contributed by atoms with van der Waals surface area (Å²) in [6.45, 7) is -0.950. The lowest BCUT2D eigenvalue weighted by atomic mass is 10.5. The van der Waals surface area contributed by atoms with Crippen LogP contribution in [0, 0.1) is 27.8 Å². The molecular weight excluding hydrogens is 191 g/mol. The predicted molar refractivity (Wildman–Crippen MR) is 32.6 cm³/mol. The first-order valence-corrected chi connectivity index (χ1v) is 3.00. The second-order valence-electron chi connectivity index (χ2n) is 2.03. The fraction of sp³-hybridized carbons (Fsp3) is 0.200. The van der Waals surface area contributed by atoms with E-state index in [9.17, 15) is 23.3 Å². The number of aromatic nitrogens is 2. The zero-order chi connectivity index (χ0) is 10.0. The van der Waals surface area contributed by atoms with Gasteiger partial charge in [0.2, 0.25) is 11.6 Å². The Morgan fingerprint density at radius 3 is 2.08 bits per heavy atom. The summed E-state index contributed by atoms with van der Waals surface area (Å²) in [6, 6.07) is 0. The third-order valence-corrected chi connectivity index (χ3v) is 1.09. The van der Waals surface area contributed by atoms with Crippen molar-refractivity contribution in [1.82, 2.24) is 9.97 Å². The molecule has 1 aromatic heterocycles. The highest BCUT2D eigenvalue weighted by molar-refractivity contribution is 4.95. The molecule has 0 aliphatic carbocycles. The zero-order valence-electron chi connectivity index (χ0n) is 6.00. The Bertz CT molecular complexity index is 334. The molecule has 0 aliphatic rings. The van der Waals surface area contributed by atoms with E-state index in [1.807, 2.05) is 0 Å². The second kappa shape index (κ2) is 3.33. The molecule has 1 heterocycles. The second-order valence-corrected chi connectivity index (χ2v) is 2.03. The van der Waals surface area contributed by atoms with Gasteiger partial charge in [0.25, 0.3) is 18.4 Å². The van der Waals surface area contributed by atoms with Crippen LogP contribution in [0.5, 0.6) is 0 Å². The van der Waals surface area contributed by atoms with Gasteiger partial charge in [-0.25, -0.2) is 0 Å². The summed E-state index contributed by atoms with van der Waals surface area (Å²) < 4.78 is 36.8. The Labute approximate surface area is 69.4 Å². The van der Waals surface area contributed by atoms with E-state index in [0.717, 1.165) is 0 Å². The van der Waals surface area contributed by atoms with Crippen molar-refractivity contribution in [3.05, 3.63) is 33.7 Å². The lowest BCUT2D eigenvalue weighted by Crippen LogP contribution is -2.09. The topological polar surface area (TPSA) is 68.9 Å². The minimum absolute atomic E-state index is 0.707. The fourth-order valence-electron chi connectivity index (χ4n) is 0.621. The summed E-state index contributed by atoms with van der Waals surface area (Å²) in [5.41, 5.74) is 0. The first kappa shape index (κ1) is 9.36. The van der Waals surface area contributed by atoms with Gasteiger partial charge in [-0.15, -0.1) is 0 Å². The van der Waals surface area contributed by atoms with Crippen molar-refractivity contribution >= 4 is 0 Å². The first-order valence-electron chi connectivity index (χ1n) is 3.00. The number of nitro groups is 1. The zero-order valence-corrected chi connectivity index (χ0v) is 6.00. The molecule has 0 unspecified atom stereocenters. The molecule has 0 bridgehead atoms. The number of nitrogens with zero attached hydrogens (tertiary/aromatic N) is 3. The normalized spacial score (nSPS) is 10.1. The van der Waals surface area contributed by atoms with Crippen LogP contribution >= 0.6 is 0 Å². The molecule has 0 radical (unpaired) electrons. The van der Waals surface area contributed by atoms with Crippen molar-refractivity contribution in [3.8, 4) is 0 Å². The molecule has 13 heavy (non-hydrogen) atoms. The molecule has 70 valence electrons.